The summed E-state index contributed by atoms with van der Waals surface area (Å²) in [5, 5.41) is 16.8. The first-order valence-electron chi connectivity index (χ1n) is 16.1. The van der Waals surface area contributed by atoms with E-state index in [2.05, 4.69) is 22.5 Å². The smallest absolute Gasteiger partial charge is 0.248 e. The highest BCUT2D eigenvalue weighted by molar-refractivity contribution is 6.00. The van der Waals surface area contributed by atoms with Crippen LogP contribution in [0.4, 0.5) is 5.69 Å². The minimum absolute atomic E-state index is 0.0636. The number of carbonyl (C=O) groups excluding carboxylic acids is 3. The van der Waals surface area contributed by atoms with Gasteiger partial charge in [0.15, 0.2) is 11.5 Å². The fourth-order valence-electron chi connectivity index (χ4n) is 6.70. The number of hydrogen-bond acceptors (Lipinski definition) is 8. The summed E-state index contributed by atoms with van der Waals surface area (Å²) in [6, 6.07) is 12.2. The zero-order valence-corrected chi connectivity index (χ0v) is 26.5. The molecular formula is C34H46N4O7. The van der Waals surface area contributed by atoms with Crippen LogP contribution in [0.5, 0.6) is 17.2 Å². The van der Waals surface area contributed by atoms with Crippen molar-refractivity contribution in [2.45, 2.75) is 76.6 Å². The summed E-state index contributed by atoms with van der Waals surface area (Å²) in [6.07, 6.45) is 3.27. The van der Waals surface area contributed by atoms with Crippen molar-refractivity contribution < 1.29 is 33.7 Å². The van der Waals surface area contributed by atoms with Gasteiger partial charge >= 0.3 is 0 Å². The van der Waals surface area contributed by atoms with Crippen molar-refractivity contribution in [3.63, 3.8) is 0 Å². The molecule has 0 aromatic heterocycles. The first-order chi connectivity index (χ1) is 21.7. The Morgan fingerprint density at radius 3 is 2.47 bits per heavy atom. The number of benzene rings is 2. The first kappa shape index (κ1) is 32.7. The molecule has 3 aliphatic heterocycles. The molecule has 3 amide bonds. The van der Waals surface area contributed by atoms with E-state index in [1.807, 2.05) is 24.3 Å². The number of nitrogens with one attached hydrogen (secondary N) is 2. The highest BCUT2D eigenvalue weighted by Gasteiger charge is 2.55. The standard InChI is InChI=1S/C34H46N4O7/c1-4-5-16-38-32(41)30(31(40)25-12-19-44-20-13-25)36-33(42)34(38)14-17-37(18-15-34)22-24-6-9-27(10-7-24)45-28-11-8-26(35-23(2)39)21-29(28)43-3/h6-11,21,25,30-31,40H,4-5,12-20,22H2,1-3H3,(H,35,39)(H,36,42)/t30-,31-/m1/s1. The second-order valence-electron chi connectivity index (χ2n) is 12.3. The van der Waals surface area contributed by atoms with Crippen LogP contribution in [-0.2, 0) is 25.7 Å². The Bertz CT molecular complexity index is 1340. The molecule has 2 aromatic rings. The summed E-state index contributed by atoms with van der Waals surface area (Å²) in [4.78, 5) is 43.1. The van der Waals surface area contributed by atoms with Gasteiger partial charge < -0.3 is 34.9 Å². The summed E-state index contributed by atoms with van der Waals surface area (Å²) in [7, 11) is 1.55. The van der Waals surface area contributed by atoms with Crippen LogP contribution < -0.4 is 20.1 Å². The lowest BCUT2D eigenvalue weighted by Gasteiger charge is -2.52. The van der Waals surface area contributed by atoms with Crippen molar-refractivity contribution in [2.75, 3.05) is 45.3 Å². The third-order valence-corrected chi connectivity index (χ3v) is 9.31. The number of piperidine rings is 1. The largest absolute Gasteiger partial charge is 0.493 e. The molecule has 0 unspecified atom stereocenters. The Morgan fingerprint density at radius 2 is 1.82 bits per heavy atom. The fourth-order valence-corrected chi connectivity index (χ4v) is 6.70. The summed E-state index contributed by atoms with van der Waals surface area (Å²) < 4.78 is 16.9. The highest BCUT2D eigenvalue weighted by atomic mass is 16.5. The van der Waals surface area contributed by atoms with E-state index >= 15 is 0 Å². The van der Waals surface area contributed by atoms with E-state index in [0.717, 1.165) is 18.4 Å². The van der Waals surface area contributed by atoms with E-state index in [1.165, 1.54) is 6.92 Å². The highest BCUT2D eigenvalue weighted by Crippen LogP contribution is 2.37. The quantitative estimate of drug-likeness (QED) is 0.346. The number of unbranched alkanes of at least 4 members (excludes halogenated alkanes) is 1. The maximum absolute atomic E-state index is 13.8. The number of amides is 3. The van der Waals surface area contributed by atoms with Gasteiger partial charge in [0.05, 0.1) is 13.2 Å². The Hall–Kier alpha value is -3.67. The lowest BCUT2D eigenvalue weighted by Crippen LogP contribution is -2.75. The molecule has 11 nitrogen and oxygen atoms in total. The Kier molecular flexibility index (Phi) is 10.6. The number of carbonyl (C=O) groups is 3. The number of hydrogen-bond donors (Lipinski definition) is 3. The predicted molar refractivity (Wildman–Crippen MR) is 169 cm³/mol. The van der Waals surface area contributed by atoms with Crippen molar-refractivity contribution >= 4 is 23.4 Å². The van der Waals surface area contributed by atoms with Crippen LogP contribution in [0.2, 0.25) is 0 Å². The van der Waals surface area contributed by atoms with E-state index in [4.69, 9.17) is 14.2 Å². The predicted octanol–water partition coefficient (Wildman–Crippen LogP) is 3.70. The van der Waals surface area contributed by atoms with E-state index in [-0.39, 0.29) is 23.6 Å². The lowest BCUT2D eigenvalue weighted by atomic mass is 9.79. The zero-order valence-electron chi connectivity index (χ0n) is 26.5. The Balaban J connectivity index is 1.20. The molecule has 3 saturated heterocycles. The molecule has 2 aromatic carbocycles. The molecular weight excluding hydrogens is 576 g/mol. The molecule has 3 heterocycles. The van der Waals surface area contributed by atoms with E-state index in [1.54, 1.807) is 30.2 Å². The van der Waals surface area contributed by atoms with Crippen LogP contribution in [0.3, 0.4) is 0 Å². The molecule has 11 heteroatoms. The summed E-state index contributed by atoms with van der Waals surface area (Å²) in [5.41, 5.74) is 0.847. The average Bonchev–Trinajstić information content (AvgIpc) is 3.05. The number of aliphatic hydroxyl groups excluding tert-OH is 1. The molecule has 3 fully saturated rings. The van der Waals surface area contributed by atoms with Gasteiger partial charge in [0, 0.05) is 58.1 Å². The van der Waals surface area contributed by atoms with Crippen molar-refractivity contribution in [3.8, 4) is 17.2 Å². The molecule has 3 aliphatic rings. The average molecular weight is 623 g/mol. The van der Waals surface area contributed by atoms with Gasteiger partial charge in [0.1, 0.15) is 17.3 Å². The number of anilines is 1. The number of aliphatic hydroxyl groups is 1. The van der Waals surface area contributed by atoms with Crippen LogP contribution in [0, 0.1) is 5.92 Å². The number of likely N-dealkylation sites (tertiary alicyclic amines) is 1. The maximum Gasteiger partial charge on any atom is 0.248 e. The van der Waals surface area contributed by atoms with Gasteiger partial charge in [-0.25, -0.2) is 0 Å². The second-order valence-corrected chi connectivity index (χ2v) is 12.3. The molecule has 1 spiro atoms. The van der Waals surface area contributed by atoms with Crippen LogP contribution in [-0.4, -0.2) is 90.3 Å². The van der Waals surface area contributed by atoms with Gasteiger partial charge in [-0.3, -0.25) is 19.3 Å². The first-order valence-corrected chi connectivity index (χ1v) is 16.1. The normalized spacial score (nSPS) is 21.3. The van der Waals surface area contributed by atoms with Crippen LogP contribution >= 0.6 is 0 Å². The minimum atomic E-state index is -0.914. The van der Waals surface area contributed by atoms with E-state index in [9.17, 15) is 19.5 Å². The number of nitrogens with zero attached hydrogens (tertiary/aromatic N) is 2. The van der Waals surface area contributed by atoms with Gasteiger partial charge in [-0.15, -0.1) is 0 Å². The third kappa shape index (κ3) is 7.43. The van der Waals surface area contributed by atoms with Gasteiger partial charge in [0.25, 0.3) is 0 Å². The molecule has 45 heavy (non-hydrogen) atoms. The topological polar surface area (TPSA) is 130 Å². The number of piperazine rings is 1. The molecule has 0 radical (unpaired) electrons. The fraction of sp³-hybridized carbons (Fsp3) is 0.559. The van der Waals surface area contributed by atoms with Crippen molar-refractivity contribution in [3.05, 3.63) is 48.0 Å². The summed E-state index contributed by atoms with van der Waals surface area (Å²) >= 11 is 0. The van der Waals surface area contributed by atoms with E-state index in [0.29, 0.717) is 88.0 Å². The summed E-state index contributed by atoms with van der Waals surface area (Å²) in [5.74, 6) is 1.17. The van der Waals surface area contributed by atoms with E-state index < -0.39 is 17.7 Å². The number of methoxy groups -OCH3 is 1. The lowest BCUT2D eigenvalue weighted by molar-refractivity contribution is -0.166. The molecule has 0 saturated carbocycles. The second kappa shape index (κ2) is 14.6. The van der Waals surface area contributed by atoms with Gasteiger partial charge in [-0.05, 0) is 67.9 Å². The van der Waals surface area contributed by atoms with Crippen LogP contribution in [0.25, 0.3) is 0 Å². The molecule has 5 rings (SSSR count). The van der Waals surface area contributed by atoms with Crippen LogP contribution in [0.15, 0.2) is 42.5 Å². The van der Waals surface area contributed by atoms with Gasteiger partial charge in [0.2, 0.25) is 17.7 Å². The monoisotopic (exact) mass is 622 g/mol. The summed E-state index contributed by atoms with van der Waals surface area (Å²) in [6.45, 7) is 7.23. The zero-order chi connectivity index (χ0) is 32.0. The third-order valence-electron chi connectivity index (χ3n) is 9.31. The molecule has 244 valence electrons. The molecule has 0 bridgehead atoms. The van der Waals surface area contributed by atoms with Crippen molar-refractivity contribution in [1.29, 1.82) is 0 Å². The molecule has 3 N–H and O–H groups in total. The van der Waals surface area contributed by atoms with Crippen molar-refractivity contribution in [2.24, 2.45) is 5.92 Å². The van der Waals surface area contributed by atoms with Crippen LogP contribution in [0.1, 0.15) is 57.9 Å². The molecule has 2 atom stereocenters. The number of rotatable bonds is 11. The van der Waals surface area contributed by atoms with Crippen molar-refractivity contribution in [1.82, 2.24) is 15.1 Å². The number of ether oxygens (including phenoxy) is 3. The van der Waals surface area contributed by atoms with Gasteiger partial charge in [-0.1, -0.05) is 25.5 Å². The minimum Gasteiger partial charge on any atom is -0.493 e. The Labute approximate surface area is 265 Å². The van der Waals surface area contributed by atoms with Gasteiger partial charge in [-0.2, -0.15) is 0 Å². The molecule has 0 aliphatic carbocycles. The Morgan fingerprint density at radius 1 is 1.11 bits per heavy atom. The maximum atomic E-state index is 13.8. The SMILES string of the molecule is CCCCN1C(=O)[C@@H]([C@H](O)C2CCOCC2)NC(=O)C12CCN(Cc1ccc(Oc3ccc(NC(C)=O)cc3OC)cc1)CC2.